The summed E-state index contributed by atoms with van der Waals surface area (Å²) < 4.78 is 7.13. The summed E-state index contributed by atoms with van der Waals surface area (Å²) in [6.45, 7) is 2.01. The summed E-state index contributed by atoms with van der Waals surface area (Å²) in [5.41, 5.74) is -0.203. The van der Waals surface area contributed by atoms with Gasteiger partial charge in [-0.15, -0.1) is 22.7 Å². The molecule has 4 nitrogen and oxygen atoms in total. The van der Waals surface area contributed by atoms with Gasteiger partial charge in [0, 0.05) is 20.3 Å². The predicted octanol–water partition coefficient (Wildman–Crippen LogP) is 2.65. The van der Waals surface area contributed by atoms with E-state index in [0.29, 0.717) is 9.20 Å². The van der Waals surface area contributed by atoms with E-state index in [-0.39, 0.29) is 17.1 Å². The second-order valence-electron chi connectivity index (χ2n) is 4.47. The highest BCUT2D eigenvalue weighted by atomic mass is 79.9. The number of aryl methyl sites for hydroxylation is 1. The molecule has 0 aliphatic carbocycles. The highest BCUT2D eigenvalue weighted by molar-refractivity contribution is 9.10. The van der Waals surface area contributed by atoms with Gasteiger partial charge in [-0.25, -0.2) is 0 Å². The lowest BCUT2D eigenvalue weighted by Crippen LogP contribution is -2.19. The number of halogens is 1. The largest absolute Gasteiger partial charge is 0.461 e. The summed E-state index contributed by atoms with van der Waals surface area (Å²) in [5.74, 6) is -0.0265. The maximum absolute atomic E-state index is 12.0. The van der Waals surface area contributed by atoms with Gasteiger partial charge in [0.1, 0.15) is 0 Å². The Morgan fingerprint density at radius 1 is 1.41 bits per heavy atom. The third-order valence-electron chi connectivity index (χ3n) is 2.86. The SMILES string of the molecule is Cc1sc(/C=c2/s/c(=C\C(=O)c3ccco3)[nH]c2=O)cc1Br. The van der Waals surface area contributed by atoms with Crippen molar-refractivity contribution in [2.24, 2.45) is 0 Å². The van der Waals surface area contributed by atoms with Gasteiger partial charge in [0.05, 0.1) is 15.5 Å². The number of thiophene rings is 1. The molecule has 0 atom stereocenters. The van der Waals surface area contributed by atoms with E-state index < -0.39 is 0 Å². The molecule has 0 amide bonds. The van der Waals surface area contributed by atoms with Crippen LogP contribution in [0, 0.1) is 6.92 Å². The zero-order chi connectivity index (χ0) is 15.7. The first-order valence-electron chi connectivity index (χ1n) is 6.29. The lowest BCUT2D eigenvalue weighted by Gasteiger charge is -1.84. The van der Waals surface area contributed by atoms with E-state index in [9.17, 15) is 9.59 Å². The number of aromatic nitrogens is 1. The Morgan fingerprint density at radius 3 is 2.86 bits per heavy atom. The van der Waals surface area contributed by atoms with E-state index >= 15 is 0 Å². The Hall–Kier alpha value is -1.70. The van der Waals surface area contributed by atoms with E-state index in [1.54, 1.807) is 23.5 Å². The number of rotatable bonds is 3. The van der Waals surface area contributed by atoms with Crippen LogP contribution in [0.2, 0.25) is 0 Å². The molecular weight excluding hydrogens is 386 g/mol. The molecule has 0 spiro atoms. The Labute approximate surface area is 141 Å². The molecule has 112 valence electrons. The number of carbonyl (C=O) groups is 1. The molecule has 3 aromatic rings. The van der Waals surface area contributed by atoms with Crippen LogP contribution >= 0.6 is 38.6 Å². The molecule has 3 aromatic heterocycles. The number of nitrogens with one attached hydrogen (secondary N) is 1. The highest BCUT2D eigenvalue weighted by Gasteiger charge is 2.06. The van der Waals surface area contributed by atoms with Crippen LogP contribution in [0.1, 0.15) is 20.3 Å². The van der Waals surface area contributed by atoms with E-state index in [1.165, 1.54) is 23.7 Å². The van der Waals surface area contributed by atoms with Gasteiger partial charge in [0.2, 0.25) is 5.78 Å². The number of thiazole rings is 1. The summed E-state index contributed by atoms with van der Waals surface area (Å²) in [5, 5.41) is 0. The number of carbonyl (C=O) groups excluding carboxylic acids is 1. The molecule has 0 radical (unpaired) electrons. The number of furan rings is 1. The van der Waals surface area contributed by atoms with Crippen LogP contribution < -0.4 is 14.8 Å². The molecule has 7 heteroatoms. The topological polar surface area (TPSA) is 63.1 Å². The molecule has 22 heavy (non-hydrogen) atoms. The van der Waals surface area contributed by atoms with Crippen LogP contribution in [-0.2, 0) is 0 Å². The fraction of sp³-hybridized carbons (Fsp3) is 0.0667. The number of H-pyrrole nitrogens is 1. The molecule has 3 heterocycles. The fourth-order valence-corrected chi connectivity index (χ4v) is 4.27. The predicted molar refractivity (Wildman–Crippen MR) is 92.0 cm³/mol. The van der Waals surface area contributed by atoms with Crippen molar-refractivity contribution in [2.75, 3.05) is 0 Å². The average molecular weight is 396 g/mol. The zero-order valence-corrected chi connectivity index (χ0v) is 14.6. The second kappa shape index (κ2) is 6.20. The number of aromatic amines is 1. The minimum absolute atomic E-state index is 0.203. The van der Waals surface area contributed by atoms with Gasteiger partial charge in [0.15, 0.2) is 5.76 Å². The van der Waals surface area contributed by atoms with Gasteiger partial charge < -0.3 is 9.40 Å². The second-order valence-corrected chi connectivity index (χ2v) is 7.69. The molecule has 0 fully saturated rings. The Balaban J connectivity index is 2.01. The number of hydrogen-bond acceptors (Lipinski definition) is 5. The molecular formula is C15H10BrNO3S2. The zero-order valence-electron chi connectivity index (χ0n) is 11.4. The summed E-state index contributed by atoms with van der Waals surface area (Å²) in [7, 11) is 0. The van der Waals surface area contributed by atoms with Crippen molar-refractivity contribution in [3.05, 3.63) is 64.0 Å². The minimum Gasteiger partial charge on any atom is -0.461 e. The smallest absolute Gasteiger partial charge is 0.266 e. The summed E-state index contributed by atoms with van der Waals surface area (Å²) in [4.78, 5) is 28.7. The molecule has 0 unspecified atom stereocenters. The van der Waals surface area contributed by atoms with E-state index in [2.05, 4.69) is 20.9 Å². The van der Waals surface area contributed by atoms with Gasteiger partial charge in [0.25, 0.3) is 5.56 Å². The van der Waals surface area contributed by atoms with Gasteiger partial charge in [-0.3, -0.25) is 9.59 Å². The van der Waals surface area contributed by atoms with E-state index in [1.807, 2.05) is 19.1 Å². The first kappa shape index (κ1) is 15.2. The summed E-state index contributed by atoms with van der Waals surface area (Å²) in [6.07, 6.45) is 4.63. The summed E-state index contributed by atoms with van der Waals surface area (Å²) in [6, 6.07) is 5.20. The van der Waals surface area contributed by atoms with Crippen molar-refractivity contribution in [2.45, 2.75) is 6.92 Å². The third-order valence-corrected chi connectivity index (χ3v) is 5.90. The van der Waals surface area contributed by atoms with Crippen LogP contribution in [0.3, 0.4) is 0 Å². The molecule has 0 aliphatic heterocycles. The van der Waals surface area contributed by atoms with Crippen molar-refractivity contribution >= 4 is 56.5 Å². The first-order chi connectivity index (χ1) is 10.5. The maximum Gasteiger partial charge on any atom is 0.266 e. The number of hydrogen-bond donors (Lipinski definition) is 1. The fourth-order valence-electron chi connectivity index (χ4n) is 1.82. The number of Topliss-reactive ketones (excluding diaryl/α,β-unsaturated/α-hetero) is 1. The van der Waals surface area contributed by atoms with Crippen LogP contribution in [0.5, 0.6) is 0 Å². The number of ketones is 1. The Bertz CT molecular complexity index is 973. The van der Waals surface area contributed by atoms with Gasteiger partial charge in [-0.05, 0) is 47.1 Å². The molecule has 3 rings (SSSR count). The molecule has 0 aromatic carbocycles. The normalized spacial score (nSPS) is 13.0. The van der Waals surface area contributed by atoms with Crippen LogP contribution in [0.4, 0.5) is 0 Å². The minimum atomic E-state index is -0.274. The monoisotopic (exact) mass is 395 g/mol. The van der Waals surface area contributed by atoms with Crippen LogP contribution in [0.15, 0.2) is 38.1 Å². The Morgan fingerprint density at radius 2 is 2.23 bits per heavy atom. The van der Waals surface area contributed by atoms with Crippen molar-refractivity contribution in [3.8, 4) is 0 Å². The molecule has 0 aliphatic rings. The first-order valence-corrected chi connectivity index (χ1v) is 8.72. The van der Waals surface area contributed by atoms with Crippen LogP contribution in [0.25, 0.3) is 12.2 Å². The van der Waals surface area contributed by atoms with Crippen LogP contribution in [-0.4, -0.2) is 10.8 Å². The quantitative estimate of drug-likeness (QED) is 0.693. The maximum atomic E-state index is 12.0. The van der Waals surface area contributed by atoms with Gasteiger partial charge >= 0.3 is 0 Å². The highest BCUT2D eigenvalue weighted by Crippen LogP contribution is 2.26. The molecule has 0 saturated heterocycles. The van der Waals surface area contributed by atoms with Crippen molar-refractivity contribution in [1.29, 1.82) is 0 Å². The van der Waals surface area contributed by atoms with Crippen molar-refractivity contribution in [1.82, 2.24) is 4.98 Å². The van der Waals surface area contributed by atoms with E-state index in [0.717, 1.165) is 14.2 Å². The molecule has 1 N–H and O–H groups in total. The van der Waals surface area contributed by atoms with Crippen molar-refractivity contribution < 1.29 is 9.21 Å². The lowest BCUT2D eigenvalue weighted by atomic mass is 10.3. The van der Waals surface area contributed by atoms with E-state index in [4.69, 9.17) is 4.42 Å². The van der Waals surface area contributed by atoms with Gasteiger partial charge in [-0.2, -0.15) is 0 Å². The molecule has 0 bridgehead atoms. The van der Waals surface area contributed by atoms with Crippen molar-refractivity contribution in [3.63, 3.8) is 0 Å². The standard InChI is InChI=1S/C15H10BrNO3S2/c1-8-10(16)5-9(21-8)6-13-15(19)17-14(22-13)7-11(18)12-3-2-4-20-12/h2-7H,1H3,(H,17,19)/b13-6+,14-7-. The van der Waals surface area contributed by atoms with Gasteiger partial charge in [-0.1, -0.05) is 0 Å². The Kier molecular flexibility index (Phi) is 4.28. The lowest BCUT2D eigenvalue weighted by molar-refractivity contribution is 0.103. The average Bonchev–Trinajstić information content (AvgIpc) is 3.15. The molecule has 0 saturated carbocycles. The third kappa shape index (κ3) is 3.21. The summed E-state index contributed by atoms with van der Waals surface area (Å²) >= 11 is 6.30.